The van der Waals surface area contributed by atoms with Gasteiger partial charge in [-0.2, -0.15) is 0 Å². The van der Waals surface area contributed by atoms with E-state index in [9.17, 15) is 18.8 Å². The van der Waals surface area contributed by atoms with E-state index >= 15 is 0 Å². The molecule has 0 aliphatic heterocycles. The van der Waals surface area contributed by atoms with Crippen LogP contribution in [0.25, 0.3) is 11.1 Å². The Morgan fingerprint density at radius 2 is 1.74 bits per heavy atom. The van der Waals surface area contributed by atoms with E-state index in [-0.39, 0.29) is 22.7 Å². The number of ether oxygens (including phenoxy) is 1. The van der Waals surface area contributed by atoms with E-state index in [1.807, 2.05) is 20.8 Å². The average molecular weight is 557 g/mol. The summed E-state index contributed by atoms with van der Waals surface area (Å²) in [6.07, 6.45) is 0.814. The number of benzene rings is 2. The lowest BCUT2D eigenvalue weighted by Crippen LogP contribution is -2.47. The van der Waals surface area contributed by atoms with E-state index in [4.69, 9.17) is 22.1 Å². The normalized spacial score (nSPS) is 11.5. The standard InChI is InChI=1S/C27H30ClFN6O4/c1-4-35(5-2)16(3)32-27(38)34-25-14-19(10-11-31-25)39-18-7-8-20(22(28)13-18)21-12-17(29)6-9-23(21)33-26(37)15-24(30)36/h6-14,16H,4-5,15H2,1-3H3,(H2,30,36)(H,33,37)(H2,31,32,34,38). The molecule has 4 amide bonds. The lowest BCUT2D eigenvalue weighted by atomic mass is 10.0. The minimum absolute atomic E-state index is 0.157. The van der Waals surface area contributed by atoms with Crippen LogP contribution in [-0.2, 0) is 9.59 Å². The van der Waals surface area contributed by atoms with Gasteiger partial charge in [-0.05, 0) is 56.4 Å². The molecule has 39 heavy (non-hydrogen) atoms. The van der Waals surface area contributed by atoms with Crippen molar-refractivity contribution in [2.24, 2.45) is 5.73 Å². The maximum Gasteiger partial charge on any atom is 0.321 e. The predicted octanol–water partition coefficient (Wildman–Crippen LogP) is 4.96. The smallest absolute Gasteiger partial charge is 0.321 e. The zero-order valence-electron chi connectivity index (χ0n) is 21.8. The third kappa shape index (κ3) is 8.39. The molecule has 0 radical (unpaired) electrons. The second-order valence-electron chi connectivity index (χ2n) is 8.50. The van der Waals surface area contributed by atoms with Crippen molar-refractivity contribution < 1.29 is 23.5 Å². The van der Waals surface area contributed by atoms with Crippen LogP contribution in [0.5, 0.6) is 11.5 Å². The maximum atomic E-state index is 14.1. The Balaban J connectivity index is 1.74. The second kappa shape index (κ2) is 13.5. The number of hydrogen-bond acceptors (Lipinski definition) is 6. The Labute approximate surface area is 230 Å². The molecule has 1 aromatic heterocycles. The fourth-order valence-corrected chi connectivity index (χ4v) is 4.13. The average Bonchev–Trinajstić information content (AvgIpc) is 2.86. The van der Waals surface area contributed by atoms with E-state index < -0.39 is 30.1 Å². The number of urea groups is 1. The van der Waals surface area contributed by atoms with Gasteiger partial charge in [0.25, 0.3) is 0 Å². The van der Waals surface area contributed by atoms with Crippen LogP contribution in [0.4, 0.5) is 20.7 Å². The highest BCUT2D eigenvalue weighted by Gasteiger charge is 2.16. The van der Waals surface area contributed by atoms with Crippen LogP contribution >= 0.6 is 11.6 Å². The zero-order chi connectivity index (χ0) is 28.5. The van der Waals surface area contributed by atoms with Gasteiger partial charge in [0, 0.05) is 35.1 Å². The number of halogens is 2. The van der Waals surface area contributed by atoms with Crippen LogP contribution in [0.15, 0.2) is 54.7 Å². The van der Waals surface area contributed by atoms with Gasteiger partial charge in [-0.25, -0.2) is 14.2 Å². The maximum absolute atomic E-state index is 14.1. The van der Waals surface area contributed by atoms with Crippen LogP contribution in [0.3, 0.4) is 0 Å². The van der Waals surface area contributed by atoms with Gasteiger partial charge in [-0.15, -0.1) is 0 Å². The molecule has 12 heteroatoms. The first kappa shape index (κ1) is 29.3. The van der Waals surface area contributed by atoms with Crippen molar-refractivity contribution in [3.05, 3.63) is 65.6 Å². The molecule has 0 spiro atoms. The number of primary amides is 1. The summed E-state index contributed by atoms with van der Waals surface area (Å²) in [5.74, 6) is -0.913. The Morgan fingerprint density at radius 1 is 1.03 bits per heavy atom. The number of pyridine rings is 1. The molecule has 2 aromatic carbocycles. The number of anilines is 2. The molecule has 0 aliphatic rings. The first-order valence-electron chi connectivity index (χ1n) is 12.2. The second-order valence-corrected chi connectivity index (χ2v) is 8.90. The summed E-state index contributed by atoms with van der Waals surface area (Å²) in [4.78, 5) is 41.7. The summed E-state index contributed by atoms with van der Waals surface area (Å²) in [6, 6.07) is 11.3. The number of nitrogens with zero attached hydrogens (tertiary/aromatic N) is 2. The summed E-state index contributed by atoms with van der Waals surface area (Å²) in [5.41, 5.74) is 6.07. The minimum Gasteiger partial charge on any atom is -0.457 e. The fraction of sp³-hybridized carbons (Fsp3) is 0.259. The third-order valence-electron chi connectivity index (χ3n) is 5.73. The van der Waals surface area contributed by atoms with Crippen molar-refractivity contribution in [3.8, 4) is 22.6 Å². The van der Waals surface area contributed by atoms with Crippen molar-refractivity contribution in [1.29, 1.82) is 0 Å². The molecule has 0 saturated carbocycles. The number of amides is 4. The number of carbonyl (C=O) groups excluding carboxylic acids is 3. The van der Waals surface area contributed by atoms with E-state index in [0.29, 0.717) is 22.6 Å². The number of carbonyl (C=O) groups is 3. The Hall–Kier alpha value is -4.22. The van der Waals surface area contributed by atoms with Gasteiger partial charge in [0.15, 0.2) is 0 Å². The first-order chi connectivity index (χ1) is 18.6. The van der Waals surface area contributed by atoms with Crippen molar-refractivity contribution >= 4 is 41.0 Å². The molecule has 3 rings (SSSR count). The molecule has 3 aromatic rings. The number of hydrogen-bond donors (Lipinski definition) is 4. The molecule has 5 N–H and O–H groups in total. The van der Waals surface area contributed by atoms with E-state index in [1.54, 1.807) is 24.3 Å². The lowest BCUT2D eigenvalue weighted by Gasteiger charge is -2.26. The fourth-order valence-electron chi connectivity index (χ4n) is 3.86. The summed E-state index contributed by atoms with van der Waals surface area (Å²) in [6.45, 7) is 7.52. The zero-order valence-corrected chi connectivity index (χ0v) is 22.5. The first-order valence-corrected chi connectivity index (χ1v) is 12.6. The summed E-state index contributed by atoms with van der Waals surface area (Å²) >= 11 is 6.50. The Kier molecular flexibility index (Phi) is 10.2. The van der Waals surface area contributed by atoms with Crippen LogP contribution in [0.2, 0.25) is 5.02 Å². The molecule has 206 valence electrons. The predicted molar refractivity (Wildman–Crippen MR) is 148 cm³/mol. The van der Waals surface area contributed by atoms with Gasteiger partial charge in [-0.1, -0.05) is 25.4 Å². The third-order valence-corrected chi connectivity index (χ3v) is 6.04. The highest BCUT2D eigenvalue weighted by molar-refractivity contribution is 6.33. The Bertz CT molecular complexity index is 1350. The SMILES string of the molecule is CCN(CC)C(C)NC(=O)Nc1cc(Oc2ccc(-c3cc(F)ccc3NC(=O)CC(N)=O)c(Cl)c2)ccn1. The topological polar surface area (TPSA) is 139 Å². The van der Waals surface area contributed by atoms with Gasteiger partial charge >= 0.3 is 6.03 Å². The largest absolute Gasteiger partial charge is 0.457 e. The van der Waals surface area contributed by atoms with Crippen LogP contribution in [0.1, 0.15) is 27.2 Å². The highest BCUT2D eigenvalue weighted by Crippen LogP contribution is 2.37. The van der Waals surface area contributed by atoms with Crippen molar-refractivity contribution in [2.45, 2.75) is 33.4 Å². The van der Waals surface area contributed by atoms with Crippen molar-refractivity contribution in [2.75, 3.05) is 23.7 Å². The van der Waals surface area contributed by atoms with E-state index in [0.717, 1.165) is 13.1 Å². The molecule has 0 bridgehead atoms. The molecule has 1 atom stereocenters. The number of aromatic nitrogens is 1. The van der Waals surface area contributed by atoms with Gasteiger partial charge in [0.05, 0.1) is 11.2 Å². The van der Waals surface area contributed by atoms with Crippen LogP contribution in [0, 0.1) is 5.82 Å². The molecular formula is C27H30ClFN6O4. The van der Waals surface area contributed by atoms with Gasteiger partial charge in [-0.3, -0.25) is 19.8 Å². The molecule has 0 saturated heterocycles. The number of nitrogens with two attached hydrogens (primary N) is 1. The molecule has 10 nitrogen and oxygen atoms in total. The van der Waals surface area contributed by atoms with Gasteiger partial charge in [0.1, 0.15) is 29.6 Å². The van der Waals surface area contributed by atoms with Gasteiger partial charge in [0.2, 0.25) is 11.8 Å². The summed E-state index contributed by atoms with van der Waals surface area (Å²) in [5, 5.41) is 8.32. The summed E-state index contributed by atoms with van der Waals surface area (Å²) in [7, 11) is 0. The van der Waals surface area contributed by atoms with Crippen molar-refractivity contribution in [3.63, 3.8) is 0 Å². The Morgan fingerprint density at radius 3 is 2.41 bits per heavy atom. The summed E-state index contributed by atoms with van der Waals surface area (Å²) < 4.78 is 19.9. The van der Waals surface area contributed by atoms with Crippen LogP contribution in [-0.4, -0.2) is 47.0 Å². The molecule has 1 unspecified atom stereocenters. The number of nitrogens with one attached hydrogen (secondary N) is 3. The van der Waals surface area contributed by atoms with Crippen LogP contribution < -0.4 is 26.4 Å². The molecule has 1 heterocycles. The monoisotopic (exact) mass is 556 g/mol. The van der Waals surface area contributed by atoms with E-state index in [1.165, 1.54) is 30.5 Å². The van der Waals surface area contributed by atoms with Gasteiger partial charge < -0.3 is 21.1 Å². The number of rotatable bonds is 11. The molecule has 0 aliphatic carbocycles. The molecular weight excluding hydrogens is 527 g/mol. The van der Waals surface area contributed by atoms with E-state index in [2.05, 4.69) is 25.8 Å². The van der Waals surface area contributed by atoms with Crippen molar-refractivity contribution in [1.82, 2.24) is 15.2 Å². The highest BCUT2D eigenvalue weighted by atomic mass is 35.5. The minimum atomic E-state index is -0.792. The quantitative estimate of drug-likeness (QED) is 0.194. The lowest BCUT2D eigenvalue weighted by molar-refractivity contribution is -0.124. The molecule has 0 fully saturated rings.